The average molecular weight is 157 g/mol. The Morgan fingerprint density at radius 2 is 2.18 bits per heavy atom. The largest absolute Gasteiger partial charge is 0.785 e. The number of nitrogens with zero attached hydrogens (tertiary/aromatic N) is 1. The summed E-state index contributed by atoms with van der Waals surface area (Å²) in [6, 6.07) is 0.174. The number of fused-ring (bicyclic) bond motifs is 1. The third-order valence-electron chi connectivity index (χ3n) is 2.84. The molecule has 3 atom stereocenters. The van der Waals surface area contributed by atoms with Crippen molar-refractivity contribution < 1.29 is 5.06 Å². The van der Waals surface area contributed by atoms with Gasteiger partial charge in [0.2, 0.25) is 0 Å². The van der Waals surface area contributed by atoms with Crippen LogP contribution in [0.1, 0.15) is 12.8 Å². The molecular formula is C7H13N2O2-. The molecule has 11 heavy (non-hydrogen) atoms. The van der Waals surface area contributed by atoms with Gasteiger partial charge in [-0.15, -0.1) is 0 Å². The molecule has 3 unspecified atom stereocenters. The summed E-state index contributed by atoms with van der Waals surface area (Å²) in [5.41, 5.74) is 0. The lowest BCUT2D eigenvalue weighted by molar-refractivity contribution is -0.858. The first kappa shape index (κ1) is 7.49. The summed E-state index contributed by atoms with van der Waals surface area (Å²) in [6.45, 7) is 1.92. The molecular weight excluding hydrogens is 144 g/mol. The maximum Gasteiger partial charge on any atom is 0.0812 e. The molecule has 2 rings (SSSR count). The van der Waals surface area contributed by atoms with E-state index < -0.39 is 0 Å². The zero-order valence-electron chi connectivity index (χ0n) is 6.45. The summed E-state index contributed by atoms with van der Waals surface area (Å²) in [6.07, 6.45) is 1.73. The van der Waals surface area contributed by atoms with E-state index >= 15 is 0 Å². The molecule has 0 aromatic heterocycles. The number of hydrogen-bond acceptors (Lipinski definition) is 3. The molecule has 4 nitrogen and oxygen atoms in total. The summed E-state index contributed by atoms with van der Waals surface area (Å²) < 4.78 is 0. The summed E-state index contributed by atoms with van der Waals surface area (Å²) in [4.78, 5) is 0. The van der Waals surface area contributed by atoms with E-state index in [9.17, 15) is 10.4 Å². The van der Waals surface area contributed by atoms with E-state index in [0.717, 1.165) is 17.9 Å². The van der Waals surface area contributed by atoms with Gasteiger partial charge in [0.15, 0.2) is 0 Å². The summed E-state index contributed by atoms with van der Waals surface area (Å²) in [5.74, 6) is 0.383. The van der Waals surface area contributed by atoms with Crippen molar-refractivity contribution in [2.45, 2.75) is 18.9 Å². The van der Waals surface area contributed by atoms with Gasteiger partial charge in [0, 0.05) is 18.4 Å². The van der Waals surface area contributed by atoms with Crippen LogP contribution < -0.4 is 5.06 Å². The number of quaternary nitrogens is 1. The van der Waals surface area contributed by atoms with Crippen molar-refractivity contribution in [3.8, 4) is 0 Å². The molecule has 2 heterocycles. The van der Waals surface area contributed by atoms with Crippen LogP contribution in [0.2, 0.25) is 0 Å². The lowest BCUT2D eigenvalue weighted by atomic mass is 9.94. The number of nitrogens with one attached hydrogen (secondary N) is 1. The second-order valence-corrected chi connectivity index (χ2v) is 3.54. The normalized spacial score (nSPS) is 45.8. The molecule has 0 aliphatic carbocycles. The fourth-order valence-electron chi connectivity index (χ4n) is 2.21. The minimum atomic E-state index is 0.174. The molecule has 0 aromatic rings. The Labute approximate surface area is 65.9 Å². The zero-order valence-corrected chi connectivity index (χ0v) is 6.45. The van der Waals surface area contributed by atoms with Crippen LogP contribution in [0.4, 0.5) is 0 Å². The van der Waals surface area contributed by atoms with Crippen LogP contribution in [0.25, 0.3) is 0 Å². The highest BCUT2D eigenvalue weighted by atomic mass is 16.5. The van der Waals surface area contributed by atoms with Crippen LogP contribution in [-0.2, 0) is 0 Å². The highest BCUT2D eigenvalue weighted by Crippen LogP contribution is 2.25. The third-order valence-corrected chi connectivity index (χ3v) is 2.84. The number of hydroxylamine groups is 4. The van der Waals surface area contributed by atoms with E-state index in [0.29, 0.717) is 30.6 Å². The fourth-order valence-corrected chi connectivity index (χ4v) is 2.21. The molecule has 0 aromatic carbocycles. The van der Waals surface area contributed by atoms with E-state index in [1.807, 2.05) is 0 Å². The van der Waals surface area contributed by atoms with Crippen molar-refractivity contribution in [3.05, 3.63) is 10.4 Å². The summed E-state index contributed by atoms with van der Waals surface area (Å²) in [5, 5.41) is 23.6. The minimum absolute atomic E-state index is 0.174. The molecule has 0 bridgehead atoms. The summed E-state index contributed by atoms with van der Waals surface area (Å²) in [7, 11) is 0. The van der Waals surface area contributed by atoms with Gasteiger partial charge < -0.3 is 20.5 Å². The Bertz CT molecular complexity index is 153. The van der Waals surface area contributed by atoms with Crippen LogP contribution >= 0.6 is 0 Å². The van der Waals surface area contributed by atoms with Crippen molar-refractivity contribution in [1.29, 1.82) is 0 Å². The van der Waals surface area contributed by atoms with E-state index in [4.69, 9.17) is 0 Å². The van der Waals surface area contributed by atoms with E-state index in [2.05, 4.69) is 0 Å². The maximum absolute atomic E-state index is 11.1. The molecule has 2 fully saturated rings. The second kappa shape index (κ2) is 2.71. The molecule has 2 saturated heterocycles. The molecule has 0 radical (unpaired) electrons. The Morgan fingerprint density at radius 3 is 3.00 bits per heavy atom. The number of piperidine rings is 1. The van der Waals surface area contributed by atoms with E-state index in [-0.39, 0.29) is 6.04 Å². The van der Waals surface area contributed by atoms with Gasteiger partial charge in [-0.2, -0.15) is 0 Å². The molecule has 2 aliphatic heterocycles. The van der Waals surface area contributed by atoms with Crippen molar-refractivity contribution in [1.82, 2.24) is 5.06 Å². The monoisotopic (exact) mass is 157 g/mol. The van der Waals surface area contributed by atoms with Gasteiger partial charge in [0.1, 0.15) is 0 Å². The van der Waals surface area contributed by atoms with Crippen LogP contribution in [0.15, 0.2) is 0 Å². The van der Waals surface area contributed by atoms with Crippen LogP contribution in [0.3, 0.4) is 0 Å². The molecule has 2 aliphatic rings. The SMILES string of the molecule is [O-]N1CCC2C[NH+]([O-])CCC21. The Hall–Kier alpha value is -0.160. The fraction of sp³-hybridized carbons (Fsp3) is 1.00. The third kappa shape index (κ3) is 1.27. The second-order valence-electron chi connectivity index (χ2n) is 3.54. The molecule has 64 valence electrons. The quantitative estimate of drug-likeness (QED) is 0.457. The van der Waals surface area contributed by atoms with Crippen molar-refractivity contribution in [2.75, 3.05) is 19.6 Å². The van der Waals surface area contributed by atoms with Gasteiger partial charge in [-0.05, 0) is 13.0 Å². The Morgan fingerprint density at radius 1 is 1.36 bits per heavy atom. The predicted octanol–water partition coefficient (Wildman–Crippen LogP) is -1.04. The Kier molecular flexibility index (Phi) is 1.85. The van der Waals surface area contributed by atoms with Gasteiger partial charge >= 0.3 is 0 Å². The van der Waals surface area contributed by atoms with E-state index in [1.165, 1.54) is 0 Å². The first-order valence-electron chi connectivity index (χ1n) is 4.23. The predicted molar refractivity (Wildman–Crippen MR) is 40.6 cm³/mol. The van der Waals surface area contributed by atoms with E-state index in [1.54, 1.807) is 0 Å². The molecule has 0 spiro atoms. The van der Waals surface area contributed by atoms with Crippen molar-refractivity contribution in [2.24, 2.45) is 5.92 Å². The van der Waals surface area contributed by atoms with Crippen molar-refractivity contribution in [3.63, 3.8) is 0 Å². The first-order chi connectivity index (χ1) is 5.27. The van der Waals surface area contributed by atoms with Crippen LogP contribution in [0.5, 0.6) is 0 Å². The number of rotatable bonds is 0. The molecule has 4 heteroatoms. The highest BCUT2D eigenvalue weighted by molar-refractivity contribution is 4.88. The summed E-state index contributed by atoms with van der Waals surface area (Å²) >= 11 is 0. The minimum Gasteiger partial charge on any atom is -0.785 e. The van der Waals surface area contributed by atoms with Gasteiger partial charge in [0.05, 0.1) is 13.1 Å². The van der Waals surface area contributed by atoms with Crippen LogP contribution in [-0.4, -0.2) is 30.7 Å². The van der Waals surface area contributed by atoms with Crippen molar-refractivity contribution >= 4 is 0 Å². The molecule has 0 saturated carbocycles. The number of hydrogen-bond donors (Lipinski definition) is 1. The van der Waals surface area contributed by atoms with Gasteiger partial charge in [-0.3, -0.25) is 0 Å². The lowest BCUT2D eigenvalue weighted by Gasteiger charge is -2.39. The molecule has 0 amide bonds. The highest BCUT2D eigenvalue weighted by Gasteiger charge is 2.34. The maximum atomic E-state index is 11.1. The van der Waals surface area contributed by atoms with Crippen LogP contribution in [0, 0.1) is 16.3 Å². The Balaban J connectivity index is 2.00. The molecule has 1 N–H and O–H groups in total. The van der Waals surface area contributed by atoms with Gasteiger partial charge in [-0.25, -0.2) is 0 Å². The topological polar surface area (TPSA) is 53.8 Å². The van der Waals surface area contributed by atoms with Gasteiger partial charge in [-0.1, -0.05) is 0 Å². The van der Waals surface area contributed by atoms with Gasteiger partial charge in [0.25, 0.3) is 0 Å². The average Bonchev–Trinajstić information content (AvgIpc) is 2.32. The first-order valence-corrected chi connectivity index (χ1v) is 4.23. The lowest BCUT2D eigenvalue weighted by Crippen LogP contribution is -3.09. The zero-order chi connectivity index (χ0) is 7.84. The smallest absolute Gasteiger partial charge is 0.0812 e. The standard InChI is InChI=1S/C7H13N2O2/c10-8-3-2-7-6(5-8)1-4-9(7)11/h6-8H,1-5H2/q-1.